The van der Waals surface area contributed by atoms with Gasteiger partial charge in [-0.25, -0.2) is 0 Å². The third kappa shape index (κ3) is 2.51. The van der Waals surface area contributed by atoms with Gasteiger partial charge in [0.25, 0.3) is 0 Å². The molecule has 1 aliphatic rings. The van der Waals surface area contributed by atoms with E-state index in [4.69, 9.17) is 0 Å². The summed E-state index contributed by atoms with van der Waals surface area (Å²) in [4.78, 5) is 15.5. The van der Waals surface area contributed by atoms with Crippen LogP contribution in [0.1, 0.15) is 22.7 Å². The average Bonchev–Trinajstić information content (AvgIpc) is 2.83. The van der Waals surface area contributed by atoms with Gasteiger partial charge in [0, 0.05) is 4.88 Å². The molecule has 2 N–H and O–H groups in total. The zero-order chi connectivity index (χ0) is 12.4. The lowest BCUT2D eigenvalue weighted by Gasteiger charge is -2.22. The van der Waals surface area contributed by atoms with E-state index >= 15 is 0 Å². The van der Waals surface area contributed by atoms with Crippen LogP contribution in [0.3, 0.4) is 0 Å². The molecule has 1 fully saturated rings. The van der Waals surface area contributed by atoms with Crippen molar-refractivity contribution in [2.24, 2.45) is 0 Å². The van der Waals surface area contributed by atoms with E-state index in [1.54, 1.807) is 23.1 Å². The number of nitrogens with two attached hydrogens (primary N) is 1. The maximum atomic E-state index is 12.1. The van der Waals surface area contributed by atoms with Crippen molar-refractivity contribution < 1.29 is 10.1 Å². The van der Waals surface area contributed by atoms with Crippen LogP contribution in [0.15, 0.2) is 11.4 Å². The first-order valence-corrected chi connectivity index (χ1v) is 7.75. The highest BCUT2D eigenvalue weighted by Gasteiger charge is 2.39. The largest absolute Gasteiger partial charge is 0.347 e. The molecule has 3 nitrogen and oxygen atoms in total. The molecular weight excluding hydrogens is 252 g/mol. The third-order valence-electron chi connectivity index (χ3n) is 3.03. The maximum Gasteiger partial charge on any atom is 0.236 e. The normalized spacial score (nSPS) is 24.6. The minimum atomic E-state index is 0.0957. The second kappa shape index (κ2) is 5.42. The lowest BCUT2D eigenvalue weighted by atomic mass is 10.2. The summed E-state index contributed by atoms with van der Waals surface area (Å²) >= 11 is 3.54. The molecule has 1 aromatic heterocycles. The molecule has 5 heteroatoms. The van der Waals surface area contributed by atoms with Crippen LogP contribution in [0.25, 0.3) is 0 Å². The first kappa shape index (κ1) is 12.9. The first-order chi connectivity index (χ1) is 8.15. The van der Waals surface area contributed by atoms with Crippen molar-refractivity contribution in [1.82, 2.24) is 4.90 Å². The molecule has 0 bridgehead atoms. The molecule has 0 aliphatic carbocycles. The number of aryl methyl sites for hydroxylation is 1. The number of likely N-dealkylation sites (N-methyl/N-ethyl adjacent to an activating group) is 1. The van der Waals surface area contributed by atoms with E-state index in [2.05, 4.69) is 23.7 Å². The smallest absolute Gasteiger partial charge is 0.236 e. The first-order valence-electron chi connectivity index (χ1n) is 5.93. The summed E-state index contributed by atoms with van der Waals surface area (Å²) in [7, 11) is 2.04. The molecule has 1 amide bonds. The SMILES string of the molecule is C[NH2+]CCN1C(=O)[C@@H](C)S[C@H]1c1sccc1C. The number of thiophene rings is 1. The number of hydrogen-bond donors (Lipinski definition) is 1. The number of hydrogen-bond acceptors (Lipinski definition) is 3. The average molecular weight is 271 g/mol. The van der Waals surface area contributed by atoms with Crippen molar-refractivity contribution >= 4 is 29.0 Å². The van der Waals surface area contributed by atoms with Crippen molar-refractivity contribution in [2.45, 2.75) is 24.5 Å². The minimum absolute atomic E-state index is 0.0957. The number of rotatable bonds is 4. The van der Waals surface area contributed by atoms with Crippen LogP contribution in [-0.4, -0.2) is 36.2 Å². The van der Waals surface area contributed by atoms with Crippen LogP contribution in [0, 0.1) is 6.92 Å². The highest BCUT2D eigenvalue weighted by atomic mass is 32.2. The number of amides is 1. The van der Waals surface area contributed by atoms with Crippen molar-refractivity contribution in [3.05, 3.63) is 21.9 Å². The van der Waals surface area contributed by atoms with E-state index in [-0.39, 0.29) is 16.5 Å². The predicted molar refractivity (Wildman–Crippen MR) is 73.3 cm³/mol. The number of carbonyl (C=O) groups excluding carboxylic acids is 1. The van der Waals surface area contributed by atoms with E-state index in [1.165, 1.54) is 10.4 Å². The highest BCUT2D eigenvalue weighted by Crippen LogP contribution is 2.45. The molecule has 1 saturated heterocycles. The maximum absolute atomic E-state index is 12.1. The van der Waals surface area contributed by atoms with Gasteiger partial charge < -0.3 is 10.2 Å². The monoisotopic (exact) mass is 271 g/mol. The fourth-order valence-corrected chi connectivity index (χ4v) is 4.56. The molecule has 0 spiro atoms. The minimum Gasteiger partial charge on any atom is -0.347 e. The quantitative estimate of drug-likeness (QED) is 0.894. The zero-order valence-electron chi connectivity index (χ0n) is 10.5. The van der Waals surface area contributed by atoms with Crippen LogP contribution in [0.2, 0.25) is 0 Å². The van der Waals surface area contributed by atoms with Crippen LogP contribution < -0.4 is 5.32 Å². The molecule has 17 heavy (non-hydrogen) atoms. The summed E-state index contributed by atoms with van der Waals surface area (Å²) in [5, 5.41) is 4.57. The van der Waals surface area contributed by atoms with Gasteiger partial charge in [0.2, 0.25) is 5.91 Å². The second-order valence-electron chi connectivity index (χ2n) is 4.33. The molecule has 1 aromatic rings. The van der Waals surface area contributed by atoms with E-state index in [0.29, 0.717) is 0 Å². The number of quaternary nitrogens is 1. The number of nitrogens with zero attached hydrogens (tertiary/aromatic N) is 1. The summed E-state index contributed by atoms with van der Waals surface area (Å²) in [5.41, 5.74) is 1.31. The molecule has 2 atom stereocenters. The molecule has 0 radical (unpaired) electrons. The number of thioether (sulfide) groups is 1. The zero-order valence-corrected chi connectivity index (χ0v) is 12.1. The Labute approximate surface area is 111 Å². The van der Waals surface area contributed by atoms with Crippen LogP contribution in [0.5, 0.6) is 0 Å². The summed E-state index contributed by atoms with van der Waals surface area (Å²) in [5.74, 6) is 0.287. The van der Waals surface area contributed by atoms with Crippen molar-refractivity contribution in [1.29, 1.82) is 0 Å². The van der Waals surface area contributed by atoms with Crippen LogP contribution in [-0.2, 0) is 4.79 Å². The molecule has 1 aliphatic heterocycles. The Bertz CT molecular complexity index is 405. The van der Waals surface area contributed by atoms with E-state index in [9.17, 15) is 4.79 Å². The number of carbonyl (C=O) groups is 1. The topological polar surface area (TPSA) is 36.9 Å². The van der Waals surface area contributed by atoms with Crippen molar-refractivity contribution in [3.8, 4) is 0 Å². The second-order valence-corrected chi connectivity index (χ2v) is 6.70. The summed E-state index contributed by atoms with van der Waals surface area (Å²) in [6.45, 7) is 5.96. The van der Waals surface area contributed by atoms with Crippen molar-refractivity contribution in [2.75, 3.05) is 20.1 Å². The Kier molecular flexibility index (Phi) is 4.12. The Morgan fingerprint density at radius 2 is 2.29 bits per heavy atom. The molecule has 2 heterocycles. The van der Waals surface area contributed by atoms with Gasteiger partial charge in [-0.05, 0) is 30.9 Å². The van der Waals surface area contributed by atoms with Gasteiger partial charge in [0.1, 0.15) is 5.37 Å². The van der Waals surface area contributed by atoms with Crippen molar-refractivity contribution in [3.63, 3.8) is 0 Å². The van der Waals surface area contributed by atoms with Gasteiger partial charge in [-0.3, -0.25) is 4.79 Å². The third-order valence-corrected chi connectivity index (χ3v) is 5.61. The van der Waals surface area contributed by atoms with Gasteiger partial charge in [-0.2, -0.15) is 0 Å². The van der Waals surface area contributed by atoms with E-state index < -0.39 is 0 Å². The Morgan fingerprint density at radius 1 is 1.53 bits per heavy atom. The van der Waals surface area contributed by atoms with Crippen LogP contribution in [0.4, 0.5) is 0 Å². The fraction of sp³-hybridized carbons (Fsp3) is 0.583. The molecule has 94 valence electrons. The Balaban J connectivity index is 2.20. The predicted octanol–water partition coefficient (Wildman–Crippen LogP) is 1.21. The highest BCUT2D eigenvalue weighted by molar-refractivity contribution is 8.01. The van der Waals surface area contributed by atoms with Gasteiger partial charge in [-0.1, -0.05) is 0 Å². The van der Waals surface area contributed by atoms with Gasteiger partial charge in [0.15, 0.2) is 0 Å². The molecule has 0 aromatic carbocycles. The molecular formula is C12H19N2OS2+. The Morgan fingerprint density at radius 3 is 2.88 bits per heavy atom. The van der Waals surface area contributed by atoms with Crippen LogP contribution >= 0.6 is 23.1 Å². The lowest BCUT2D eigenvalue weighted by Crippen LogP contribution is -2.81. The standard InChI is InChI=1S/C12H18N2OS2/c1-8-4-7-16-10(8)12-14(6-5-13-3)11(15)9(2)17-12/h4,7,9,12-13H,5-6H2,1-3H3/p+1/t9-,12+/m1/s1. The van der Waals surface area contributed by atoms with Gasteiger partial charge in [0.05, 0.1) is 25.4 Å². The lowest BCUT2D eigenvalue weighted by molar-refractivity contribution is -0.626. The fourth-order valence-electron chi connectivity index (χ4n) is 2.01. The summed E-state index contributed by atoms with van der Waals surface area (Å²) in [6, 6.07) is 2.14. The Hall–Kier alpha value is -0.520. The molecule has 0 saturated carbocycles. The van der Waals surface area contributed by atoms with E-state index in [1.807, 2.05) is 18.9 Å². The van der Waals surface area contributed by atoms with Gasteiger partial charge >= 0.3 is 0 Å². The summed E-state index contributed by atoms with van der Waals surface area (Å²) in [6.07, 6.45) is 0. The van der Waals surface area contributed by atoms with E-state index in [0.717, 1.165) is 13.1 Å². The van der Waals surface area contributed by atoms with Gasteiger partial charge in [-0.15, -0.1) is 23.1 Å². The summed E-state index contributed by atoms with van der Waals surface area (Å²) < 4.78 is 0. The molecule has 2 rings (SSSR count). The molecule has 0 unspecified atom stereocenters.